The van der Waals surface area contributed by atoms with Crippen LogP contribution < -0.4 is 0 Å². The fourth-order valence-corrected chi connectivity index (χ4v) is 1.58. The molecule has 15 heavy (non-hydrogen) atoms. The van der Waals surface area contributed by atoms with E-state index in [1.807, 2.05) is 0 Å². The maximum Gasteiger partial charge on any atom is 0.433 e. The van der Waals surface area contributed by atoms with Crippen molar-refractivity contribution in [1.82, 2.24) is 4.98 Å². The van der Waals surface area contributed by atoms with E-state index in [4.69, 9.17) is 5.11 Å². The molecule has 2 nitrogen and oxygen atoms in total. The summed E-state index contributed by atoms with van der Waals surface area (Å²) in [6.07, 6.45) is -11.0. The molecule has 0 spiro atoms. The average molecular weight is 251 g/mol. The van der Waals surface area contributed by atoms with Gasteiger partial charge in [-0.3, -0.25) is 0 Å². The summed E-state index contributed by atoms with van der Waals surface area (Å²) in [7, 11) is 0. The lowest BCUT2D eigenvalue weighted by Gasteiger charge is -2.30. The zero-order valence-corrected chi connectivity index (χ0v) is 7.54. The van der Waals surface area contributed by atoms with Crippen LogP contribution in [-0.4, -0.2) is 22.4 Å². The third kappa shape index (κ3) is 1.81. The minimum absolute atomic E-state index is 0.0825. The summed E-state index contributed by atoms with van der Waals surface area (Å²) in [6.45, 7) is 0. The normalized spacial score (nSPS) is 14.3. The number of alkyl halides is 6. The molecule has 0 amide bonds. The summed E-state index contributed by atoms with van der Waals surface area (Å²) in [6, 6.07) is 0. The molecule has 1 rings (SSSR count). The molecular weight excluding hydrogens is 248 g/mol. The number of nitrogens with zero attached hydrogens (tertiary/aromatic N) is 1. The third-order valence-electron chi connectivity index (χ3n) is 1.56. The first kappa shape index (κ1) is 12.2. The lowest BCUT2D eigenvalue weighted by molar-refractivity contribution is -0.376. The van der Waals surface area contributed by atoms with E-state index in [0.717, 1.165) is 11.6 Å². The van der Waals surface area contributed by atoms with Crippen LogP contribution in [-0.2, 0) is 5.60 Å². The van der Waals surface area contributed by atoms with Gasteiger partial charge in [-0.2, -0.15) is 26.3 Å². The monoisotopic (exact) mass is 251 g/mol. The third-order valence-corrected chi connectivity index (χ3v) is 2.44. The van der Waals surface area contributed by atoms with Gasteiger partial charge < -0.3 is 5.11 Å². The minimum atomic E-state index is -5.86. The zero-order valence-electron chi connectivity index (χ0n) is 6.73. The van der Waals surface area contributed by atoms with Crippen molar-refractivity contribution in [3.63, 3.8) is 0 Å². The van der Waals surface area contributed by atoms with Gasteiger partial charge in [0.25, 0.3) is 0 Å². The highest BCUT2D eigenvalue weighted by Gasteiger charge is 2.73. The fraction of sp³-hybridized carbons (Fsp3) is 0.500. The first-order valence-corrected chi connectivity index (χ1v) is 4.24. The van der Waals surface area contributed by atoms with Gasteiger partial charge in [-0.05, 0) is 0 Å². The second-order valence-electron chi connectivity index (χ2n) is 2.54. The molecule has 0 saturated heterocycles. The number of thiazole rings is 1. The Morgan fingerprint density at radius 2 is 1.53 bits per heavy atom. The van der Waals surface area contributed by atoms with Crippen molar-refractivity contribution in [2.75, 3.05) is 0 Å². The van der Waals surface area contributed by atoms with Gasteiger partial charge in [0.05, 0.1) is 0 Å². The van der Waals surface area contributed by atoms with Crippen molar-refractivity contribution < 1.29 is 31.4 Å². The molecule has 0 bridgehead atoms. The molecule has 0 aliphatic rings. The highest BCUT2D eigenvalue weighted by Crippen LogP contribution is 2.50. The zero-order chi connectivity index (χ0) is 11.9. The van der Waals surface area contributed by atoms with Crippen LogP contribution in [0, 0.1) is 0 Å². The molecule has 1 N–H and O–H groups in total. The summed E-state index contributed by atoms with van der Waals surface area (Å²) in [5, 5.41) is 8.21. The van der Waals surface area contributed by atoms with E-state index in [0.29, 0.717) is 0 Å². The molecule has 0 aliphatic carbocycles. The summed E-state index contributed by atoms with van der Waals surface area (Å²) in [5.74, 6) is 0. The van der Waals surface area contributed by atoms with Gasteiger partial charge in [0.1, 0.15) is 5.01 Å². The van der Waals surface area contributed by atoms with Gasteiger partial charge in [-0.25, -0.2) is 4.98 Å². The van der Waals surface area contributed by atoms with E-state index < -0.39 is 23.0 Å². The molecule has 9 heteroatoms. The predicted octanol–water partition coefficient (Wildman–Crippen LogP) is 2.46. The van der Waals surface area contributed by atoms with Crippen LogP contribution in [0.3, 0.4) is 0 Å². The Bertz CT molecular complexity index is 314. The van der Waals surface area contributed by atoms with Crippen molar-refractivity contribution in [1.29, 1.82) is 0 Å². The summed E-state index contributed by atoms with van der Waals surface area (Å²) in [5.41, 5.74) is -4.89. The Balaban J connectivity index is 3.33. The molecular formula is C6H3F6NOS. The highest BCUT2D eigenvalue weighted by molar-refractivity contribution is 7.09. The van der Waals surface area contributed by atoms with E-state index >= 15 is 0 Å². The standard InChI is InChI=1S/C6H3F6NOS/c7-5(8,9)4(14,6(10,11)12)3-13-1-2-15-3/h1-2,14H. The molecule has 0 saturated carbocycles. The number of halogens is 6. The van der Waals surface area contributed by atoms with Crippen LogP contribution >= 0.6 is 11.3 Å². The Labute approximate surface area is 83.2 Å². The first-order chi connectivity index (χ1) is 6.61. The van der Waals surface area contributed by atoms with E-state index in [-0.39, 0.29) is 11.3 Å². The lowest BCUT2D eigenvalue weighted by atomic mass is 10.0. The molecule has 0 radical (unpaired) electrons. The largest absolute Gasteiger partial charge is 0.433 e. The molecule has 0 aromatic carbocycles. The van der Waals surface area contributed by atoms with Gasteiger partial charge >= 0.3 is 18.0 Å². The second-order valence-corrected chi connectivity index (χ2v) is 3.44. The Kier molecular flexibility index (Phi) is 2.72. The lowest BCUT2D eigenvalue weighted by Crippen LogP contribution is -2.53. The first-order valence-electron chi connectivity index (χ1n) is 3.36. The predicted molar refractivity (Wildman–Crippen MR) is 38.1 cm³/mol. The van der Waals surface area contributed by atoms with Crippen LogP contribution in [0.2, 0.25) is 0 Å². The maximum absolute atomic E-state index is 12.2. The fourth-order valence-electron chi connectivity index (χ4n) is 0.805. The number of aromatic nitrogens is 1. The van der Waals surface area contributed by atoms with Crippen molar-refractivity contribution in [3.8, 4) is 0 Å². The van der Waals surface area contributed by atoms with Crippen LogP contribution in [0.1, 0.15) is 5.01 Å². The SMILES string of the molecule is OC(c1nccs1)(C(F)(F)F)C(F)(F)F. The molecule has 0 aliphatic heterocycles. The Morgan fingerprint density at radius 3 is 1.80 bits per heavy atom. The summed E-state index contributed by atoms with van der Waals surface area (Å²) < 4.78 is 73.0. The Hall–Kier alpha value is -0.830. The van der Waals surface area contributed by atoms with Crippen molar-refractivity contribution in [3.05, 3.63) is 16.6 Å². The average Bonchev–Trinajstić information content (AvgIpc) is 2.49. The van der Waals surface area contributed by atoms with Crippen molar-refractivity contribution >= 4 is 11.3 Å². The van der Waals surface area contributed by atoms with Crippen LogP contribution in [0.15, 0.2) is 11.6 Å². The summed E-state index contributed by atoms with van der Waals surface area (Å²) >= 11 is 0.0825. The van der Waals surface area contributed by atoms with Gasteiger partial charge in [0, 0.05) is 11.6 Å². The molecule has 1 heterocycles. The van der Waals surface area contributed by atoms with Gasteiger partial charge in [-0.15, -0.1) is 11.3 Å². The molecule has 0 atom stereocenters. The quantitative estimate of drug-likeness (QED) is 0.778. The van der Waals surface area contributed by atoms with E-state index in [1.165, 1.54) is 0 Å². The highest BCUT2D eigenvalue weighted by atomic mass is 32.1. The van der Waals surface area contributed by atoms with Gasteiger partial charge in [-0.1, -0.05) is 0 Å². The smallest absolute Gasteiger partial charge is 0.368 e. The molecule has 0 unspecified atom stereocenters. The number of aliphatic hydroxyl groups is 1. The summed E-state index contributed by atoms with van der Waals surface area (Å²) in [4.78, 5) is 2.85. The minimum Gasteiger partial charge on any atom is -0.368 e. The van der Waals surface area contributed by atoms with Crippen molar-refractivity contribution in [2.45, 2.75) is 18.0 Å². The van der Waals surface area contributed by atoms with Crippen LogP contribution in [0.25, 0.3) is 0 Å². The molecule has 86 valence electrons. The Morgan fingerprint density at radius 1 is 1.07 bits per heavy atom. The second kappa shape index (κ2) is 3.34. The van der Waals surface area contributed by atoms with E-state index in [1.54, 1.807) is 0 Å². The molecule has 1 aromatic rings. The number of hydrogen-bond acceptors (Lipinski definition) is 3. The van der Waals surface area contributed by atoms with Crippen molar-refractivity contribution in [2.24, 2.45) is 0 Å². The number of rotatable bonds is 1. The molecule has 1 aromatic heterocycles. The van der Waals surface area contributed by atoms with E-state index in [2.05, 4.69) is 4.98 Å². The maximum atomic E-state index is 12.2. The topological polar surface area (TPSA) is 33.1 Å². The van der Waals surface area contributed by atoms with Crippen LogP contribution in [0.5, 0.6) is 0 Å². The van der Waals surface area contributed by atoms with Gasteiger partial charge in [0.15, 0.2) is 0 Å². The van der Waals surface area contributed by atoms with E-state index in [9.17, 15) is 26.3 Å². The van der Waals surface area contributed by atoms with Gasteiger partial charge in [0.2, 0.25) is 0 Å². The number of hydrogen-bond donors (Lipinski definition) is 1. The molecule has 0 fully saturated rings. The van der Waals surface area contributed by atoms with Crippen LogP contribution in [0.4, 0.5) is 26.3 Å².